The van der Waals surface area contributed by atoms with Gasteiger partial charge in [-0.15, -0.1) is 10.2 Å². The summed E-state index contributed by atoms with van der Waals surface area (Å²) in [5.74, 6) is -0.0887. The van der Waals surface area contributed by atoms with Crippen molar-refractivity contribution in [3.05, 3.63) is 35.0 Å². The molecule has 0 aliphatic heterocycles. The zero-order valence-electron chi connectivity index (χ0n) is 14.6. The van der Waals surface area contributed by atoms with Crippen LogP contribution in [-0.2, 0) is 10.0 Å². The van der Waals surface area contributed by atoms with Crippen molar-refractivity contribution in [2.45, 2.75) is 44.0 Å². The van der Waals surface area contributed by atoms with Crippen molar-refractivity contribution in [1.29, 1.82) is 0 Å². The molecule has 3 aromatic rings. The first-order valence-corrected chi connectivity index (χ1v) is 10.5. The molecular formula is C17H18N4O3S2. The molecule has 1 aliphatic carbocycles. The van der Waals surface area contributed by atoms with E-state index in [0.717, 1.165) is 17.8 Å². The summed E-state index contributed by atoms with van der Waals surface area (Å²) in [5.41, 5.74) is 0.797. The molecule has 1 aromatic carbocycles. The van der Waals surface area contributed by atoms with Gasteiger partial charge in [0.15, 0.2) is 5.78 Å². The summed E-state index contributed by atoms with van der Waals surface area (Å²) in [7, 11) is -3.63. The molecule has 1 saturated carbocycles. The summed E-state index contributed by atoms with van der Waals surface area (Å²) in [6.07, 6.45) is 3.37. The average molecular weight is 390 g/mol. The molecule has 2 heterocycles. The maximum absolute atomic E-state index is 12.7. The number of fused-ring (bicyclic) bond motifs is 1. The third-order valence-electron chi connectivity index (χ3n) is 4.57. The second-order valence-corrected chi connectivity index (χ2v) is 9.76. The highest BCUT2D eigenvalue weighted by Crippen LogP contribution is 2.36. The van der Waals surface area contributed by atoms with Crippen molar-refractivity contribution in [3.8, 4) is 5.13 Å². The van der Waals surface area contributed by atoms with Crippen molar-refractivity contribution in [3.63, 3.8) is 0 Å². The molecule has 0 saturated heterocycles. The van der Waals surface area contributed by atoms with Gasteiger partial charge in [0.1, 0.15) is 5.01 Å². The number of carbonyl (C=O) groups excluding carboxylic acids is 1. The van der Waals surface area contributed by atoms with Gasteiger partial charge in [-0.05, 0) is 45.7 Å². The Kier molecular flexibility index (Phi) is 3.80. The predicted octanol–water partition coefficient (Wildman–Crippen LogP) is 2.82. The maximum atomic E-state index is 12.7. The standard InChI is InChI=1S/C17H18N4O3S2/c1-10(22)14-9-21(16-19-18-11(2)25-16)15-8-12(4-5-13(14)15)26(23,24)20-17(3)6-7-17/h4-5,8-9,20H,6-7H2,1-3H3. The van der Waals surface area contributed by atoms with Crippen LogP contribution >= 0.6 is 11.3 Å². The Bertz CT molecular complexity index is 1140. The number of nitrogens with zero attached hydrogens (tertiary/aromatic N) is 3. The number of benzene rings is 1. The number of sulfonamides is 1. The Morgan fingerprint density at radius 1 is 1.31 bits per heavy atom. The highest BCUT2D eigenvalue weighted by molar-refractivity contribution is 7.89. The molecule has 0 atom stereocenters. The Morgan fingerprint density at radius 3 is 2.62 bits per heavy atom. The van der Waals surface area contributed by atoms with Gasteiger partial charge in [0.2, 0.25) is 15.2 Å². The van der Waals surface area contributed by atoms with Crippen LogP contribution in [0.3, 0.4) is 0 Å². The van der Waals surface area contributed by atoms with Crippen molar-refractivity contribution in [2.24, 2.45) is 0 Å². The van der Waals surface area contributed by atoms with E-state index in [1.54, 1.807) is 29.0 Å². The molecule has 0 unspecified atom stereocenters. The third-order valence-corrected chi connectivity index (χ3v) is 7.04. The van der Waals surface area contributed by atoms with Crippen LogP contribution in [0.15, 0.2) is 29.3 Å². The summed E-state index contributed by atoms with van der Waals surface area (Å²) in [6.45, 7) is 5.23. The van der Waals surface area contributed by atoms with Gasteiger partial charge < -0.3 is 0 Å². The van der Waals surface area contributed by atoms with Crippen molar-refractivity contribution < 1.29 is 13.2 Å². The number of nitrogens with one attached hydrogen (secondary N) is 1. The highest BCUT2D eigenvalue weighted by atomic mass is 32.2. The van der Waals surface area contributed by atoms with Gasteiger partial charge in [0.05, 0.1) is 10.4 Å². The minimum absolute atomic E-state index is 0.0887. The Hall–Kier alpha value is -2.10. The molecule has 1 fully saturated rings. The van der Waals surface area contributed by atoms with Gasteiger partial charge in [-0.2, -0.15) is 0 Å². The van der Waals surface area contributed by atoms with E-state index in [4.69, 9.17) is 0 Å². The van der Waals surface area contributed by atoms with Crippen LogP contribution in [0, 0.1) is 6.92 Å². The molecule has 0 amide bonds. The lowest BCUT2D eigenvalue weighted by Crippen LogP contribution is -2.34. The number of aryl methyl sites for hydroxylation is 1. The predicted molar refractivity (Wildman–Crippen MR) is 99.4 cm³/mol. The van der Waals surface area contributed by atoms with Crippen LogP contribution in [0.2, 0.25) is 0 Å². The summed E-state index contributed by atoms with van der Waals surface area (Å²) in [5, 5.41) is 10.2. The molecule has 0 bridgehead atoms. The number of aromatic nitrogens is 3. The van der Waals surface area contributed by atoms with E-state index in [1.165, 1.54) is 18.3 Å². The van der Waals surface area contributed by atoms with Crippen LogP contribution in [0.4, 0.5) is 0 Å². The number of Topliss-reactive ketones (excluding diaryl/α,β-unsaturated/α-hetero) is 1. The summed E-state index contributed by atoms with van der Waals surface area (Å²) < 4.78 is 29.9. The van der Waals surface area contributed by atoms with Gasteiger partial charge in [-0.3, -0.25) is 9.36 Å². The van der Waals surface area contributed by atoms with E-state index in [-0.39, 0.29) is 16.2 Å². The molecule has 7 nitrogen and oxygen atoms in total. The number of hydrogen-bond acceptors (Lipinski definition) is 6. The number of rotatable bonds is 5. The van der Waals surface area contributed by atoms with E-state index < -0.39 is 10.0 Å². The minimum atomic E-state index is -3.63. The smallest absolute Gasteiger partial charge is 0.241 e. The van der Waals surface area contributed by atoms with Crippen LogP contribution < -0.4 is 4.72 Å². The highest BCUT2D eigenvalue weighted by Gasteiger charge is 2.41. The molecular weight excluding hydrogens is 372 g/mol. The van der Waals surface area contributed by atoms with Crippen LogP contribution in [-0.4, -0.2) is 34.5 Å². The monoisotopic (exact) mass is 390 g/mol. The normalized spacial score (nSPS) is 16.1. The summed E-state index contributed by atoms with van der Waals surface area (Å²) in [4.78, 5) is 12.2. The molecule has 4 rings (SSSR count). The fraction of sp³-hybridized carbons (Fsp3) is 0.353. The minimum Gasteiger partial charge on any atom is -0.294 e. The zero-order chi connectivity index (χ0) is 18.7. The van der Waals surface area contributed by atoms with E-state index in [9.17, 15) is 13.2 Å². The van der Waals surface area contributed by atoms with Crippen molar-refractivity contribution >= 4 is 38.0 Å². The first-order chi connectivity index (χ1) is 12.2. The fourth-order valence-corrected chi connectivity index (χ4v) is 5.03. The lowest BCUT2D eigenvalue weighted by atomic mass is 10.1. The molecule has 0 spiro atoms. The van der Waals surface area contributed by atoms with E-state index in [1.807, 2.05) is 13.8 Å². The van der Waals surface area contributed by atoms with Gasteiger partial charge >= 0.3 is 0 Å². The molecule has 1 aliphatic rings. The van der Waals surface area contributed by atoms with Gasteiger partial charge in [-0.25, -0.2) is 13.1 Å². The first kappa shape index (κ1) is 17.3. The largest absolute Gasteiger partial charge is 0.294 e. The fourth-order valence-electron chi connectivity index (χ4n) is 2.87. The Morgan fingerprint density at radius 2 is 2.04 bits per heavy atom. The first-order valence-electron chi connectivity index (χ1n) is 8.19. The SMILES string of the molecule is CC(=O)c1cn(-c2nnc(C)s2)c2cc(S(=O)(=O)NC3(C)CC3)ccc12. The summed E-state index contributed by atoms with van der Waals surface area (Å²) in [6, 6.07) is 4.81. The lowest BCUT2D eigenvalue weighted by Gasteiger charge is -2.12. The van der Waals surface area contributed by atoms with Crippen molar-refractivity contribution in [1.82, 2.24) is 19.5 Å². The van der Waals surface area contributed by atoms with Crippen LogP contribution in [0.25, 0.3) is 16.0 Å². The zero-order valence-corrected chi connectivity index (χ0v) is 16.2. The Balaban J connectivity index is 1.90. The van der Waals surface area contributed by atoms with Gasteiger partial charge in [0.25, 0.3) is 0 Å². The van der Waals surface area contributed by atoms with E-state index >= 15 is 0 Å². The van der Waals surface area contributed by atoms with E-state index in [0.29, 0.717) is 21.6 Å². The average Bonchev–Trinajstić information content (AvgIpc) is 2.97. The van der Waals surface area contributed by atoms with Crippen LogP contribution in [0.5, 0.6) is 0 Å². The lowest BCUT2D eigenvalue weighted by molar-refractivity contribution is 0.101. The maximum Gasteiger partial charge on any atom is 0.241 e. The molecule has 9 heteroatoms. The molecule has 1 N–H and O–H groups in total. The second-order valence-electron chi connectivity index (χ2n) is 6.92. The third kappa shape index (κ3) is 2.95. The topological polar surface area (TPSA) is 93.9 Å². The quantitative estimate of drug-likeness (QED) is 0.676. The van der Waals surface area contributed by atoms with Gasteiger partial charge in [-0.1, -0.05) is 17.4 Å². The molecule has 0 radical (unpaired) electrons. The summed E-state index contributed by atoms with van der Waals surface area (Å²) >= 11 is 1.38. The number of hydrogen-bond donors (Lipinski definition) is 1. The van der Waals surface area contributed by atoms with Gasteiger partial charge in [0, 0.05) is 22.7 Å². The number of carbonyl (C=O) groups is 1. The van der Waals surface area contributed by atoms with Crippen LogP contribution in [0.1, 0.15) is 42.1 Å². The second kappa shape index (κ2) is 5.70. The molecule has 26 heavy (non-hydrogen) atoms. The Labute approximate surface area is 155 Å². The van der Waals surface area contributed by atoms with Crippen molar-refractivity contribution in [2.75, 3.05) is 0 Å². The molecule has 136 valence electrons. The number of ketones is 1. The van der Waals surface area contributed by atoms with E-state index in [2.05, 4.69) is 14.9 Å². The molecule has 2 aromatic heterocycles.